The van der Waals surface area contributed by atoms with Crippen LogP contribution >= 0.6 is 0 Å². The van der Waals surface area contributed by atoms with Gasteiger partial charge in [-0.25, -0.2) is 19.2 Å². The van der Waals surface area contributed by atoms with E-state index in [-0.39, 0.29) is 33.1 Å². The van der Waals surface area contributed by atoms with Crippen LogP contribution in [0.1, 0.15) is 25.7 Å². The molecule has 1 saturated carbocycles. The second-order valence-corrected chi connectivity index (χ2v) is 4.10. The van der Waals surface area contributed by atoms with E-state index in [1.807, 2.05) is 0 Å². The van der Waals surface area contributed by atoms with E-state index in [4.69, 9.17) is 32.5 Å². The minimum atomic E-state index is -1.85. The van der Waals surface area contributed by atoms with Crippen LogP contribution < -0.4 is 32.5 Å². The van der Waals surface area contributed by atoms with Crippen molar-refractivity contribution in [1.29, 1.82) is 0 Å². The molecule has 0 heterocycles. The smallest absolute Gasteiger partial charge is 0.661 e. The standard InChI is InChI=1S/C6H14N2.2C2H2O6.Pt/c7-5-3-1-2-4-6(5)8;2*3-1(7-5)2(4)8-6;/h5-6H,1-4,7-8H2;2*5-6H;/q;;;+4/p-4/t5-,6-;;;/m1.../s1. The number of rotatable bonds is 0. The molecule has 0 aliphatic heterocycles. The molecule has 14 nitrogen and oxygen atoms in total. The summed E-state index contributed by atoms with van der Waals surface area (Å²) >= 11 is 0. The van der Waals surface area contributed by atoms with Crippen LogP contribution in [0, 0.1) is 0 Å². The van der Waals surface area contributed by atoms with Crippen LogP contribution in [0.2, 0.25) is 0 Å². The fourth-order valence-corrected chi connectivity index (χ4v) is 1.32. The number of carbonyl (C=O) groups is 4. The van der Waals surface area contributed by atoms with Crippen LogP contribution in [-0.4, -0.2) is 36.0 Å². The predicted octanol–water partition coefficient (Wildman–Crippen LogP) is -6.54. The molecule has 4 N–H and O–H groups in total. The minimum absolute atomic E-state index is 0. The van der Waals surface area contributed by atoms with Crippen LogP contribution in [0.15, 0.2) is 0 Å². The first kappa shape index (κ1) is 28.1. The molecule has 1 aliphatic rings. The van der Waals surface area contributed by atoms with Gasteiger partial charge < -0.3 is 52.0 Å². The zero-order chi connectivity index (χ0) is 19.1. The predicted molar refractivity (Wildman–Crippen MR) is 58.8 cm³/mol. The third kappa shape index (κ3) is 14.4. The number of hydrogen-bond donors (Lipinski definition) is 2. The molecule has 25 heavy (non-hydrogen) atoms. The molecular formula is C10H14N2O12Pt. The van der Waals surface area contributed by atoms with Crippen molar-refractivity contribution in [2.75, 3.05) is 0 Å². The molecule has 1 fully saturated rings. The van der Waals surface area contributed by atoms with Crippen molar-refractivity contribution in [3.63, 3.8) is 0 Å². The topological polar surface area (TPSA) is 249 Å². The van der Waals surface area contributed by atoms with Crippen molar-refractivity contribution in [3.8, 4) is 0 Å². The summed E-state index contributed by atoms with van der Waals surface area (Å²) in [6.07, 6.45) is 4.80. The molecule has 0 aromatic carbocycles. The molecule has 0 unspecified atom stereocenters. The van der Waals surface area contributed by atoms with Crippen LogP contribution in [0.25, 0.3) is 0 Å². The summed E-state index contributed by atoms with van der Waals surface area (Å²) in [5.41, 5.74) is 11.3. The molecule has 0 saturated heterocycles. The second kappa shape index (κ2) is 17.2. The summed E-state index contributed by atoms with van der Waals surface area (Å²) in [4.78, 5) is 48.3. The third-order valence-electron chi connectivity index (χ3n) is 2.51. The molecule has 0 radical (unpaired) electrons. The first-order valence-electron chi connectivity index (χ1n) is 6.12. The van der Waals surface area contributed by atoms with Crippen molar-refractivity contribution in [2.45, 2.75) is 37.8 Å². The zero-order valence-corrected chi connectivity index (χ0v) is 14.6. The summed E-state index contributed by atoms with van der Waals surface area (Å²) in [7, 11) is 0. The van der Waals surface area contributed by atoms with E-state index >= 15 is 0 Å². The maximum Gasteiger partial charge on any atom is 4.00 e. The Bertz CT molecular complexity index is 355. The summed E-state index contributed by atoms with van der Waals surface area (Å²) < 4.78 is 0. The normalized spacial score (nSPS) is 17.7. The third-order valence-corrected chi connectivity index (χ3v) is 2.51. The van der Waals surface area contributed by atoms with Gasteiger partial charge in [0.25, 0.3) is 0 Å². The van der Waals surface area contributed by atoms with E-state index in [1.54, 1.807) is 0 Å². The fraction of sp³-hybridized carbons (Fsp3) is 0.600. The van der Waals surface area contributed by atoms with Crippen molar-refractivity contribution < 1.29 is 80.8 Å². The number of hydrogen-bond acceptors (Lipinski definition) is 14. The number of carbonyl (C=O) groups excluding carboxylic acids is 4. The minimum Gasteiger partial charge on any atom is -0.661 e. The molecular weight excluding hydrogens is 535 g/mol. The summed E-state index contributed by atoms with van der Waals surface area (Å²) in [5.74, 6) is -7.39. The summed E-state index contributed by atoms with van der Waals surface area (Å²) in [6, 6.07) is 0.562. The van der Waals surface area contributed by atoms with Gasteiger partial charge in [-0.05, 0) is 12.8 Å². The monoisotopic (exact) mass is 549 g/mol. The summed E-state index contributed by atoms with van der Waals surface area (Å²) in [5, 5.41) is 35.8. The molecule has 0 aromatic heterocycles. The van der Waals surface area contributed by atoms with Gasteiger partial charge in [-0.1, -0.05) is 12.8 Å². The molecule has 2 atom stereocenters. The van der Waals surface area contributed by atoms with Gasteiger partial charge in [0.05, 0.1) is 0 Å². The Kier molecular flexibility index (Phi) is 19.3. The second-order valence-electron chi connectivity index (χ2n) is 4.10. The van der Waals surface area contributed by atoms with E-state index < -0.39 is 23.9 Å². The first-order chi connectivity index (χ1) is 11.2. The average Bonchev–Trinajstić information content (AvgIpc) is 2.62. The molecule has 1 rings (SSSR count). The molecule has 0 aromatic rings. The average molecular weight is 549 g/mol. The van der Waals surface area contributed by atoms with Gasteiger partial charge >= 0.3 is 44.9 Å². The maximum absolute atomic E-state index is 9.53. The molecule has 1 aliphatic carbocycles. The Balaban J connectivity index is -0.000000285. The number of nitrogens with two attached hydrogens (primary N) is 2. The van der Waals surface area contributed by atoms with E-state index in [9.17, 15) is 19.2 Å². The summed E-state index contributed by atoms with van der Waals surface area (Å²) in [6.45, 7) is 0. The van der Waals surface area contributed by atoms with Gasteiger partial charge in [-0.15, -0.1) is 0 Å². The van der Waals surface area contributed by atoms with Crippen LogP contribution in [-0.2, 0) is 59.8 Å². The van der Waals surface area contributed by atoms with Crippen molar-refractivity contribution >= 4 is 23.9 Å². The zero-order valence-electron chi connectivity index (χ0n) is 12.4. The van der Waals surface area contributed by atoms with Gasteiger partial charge in [-0.2, -0.15) is 0 Å². The molecule has 146 valence electrons. The van der Waals surface area contributed by atoms with Gasteiger partial charge in [0.1, 0.15) is 0 Å². The fourth-order valence-electron chi connectivity index (χ4n) is 1.32. The SMILES string of the molecule is N[C@@H]1CCCC[C@H]1N.O=C(O[O-])C(=O)O[O-].O=C(O[O-])C(=O)O[O-].[Pt+4]. The van der Waals surface area contributed by atoms with Gasteiger partial charge in [0, 0.05) is 12.1 Å². The van der Waals surface area contributed by atoms with Gasteiger partial charge in [-0.3, -0.25) is 0 Å². The van der Waals surface area contributed by atoms with E-state index in [0.717, 1.165) is 12.8 Å². The van der Waals surface area contributed by atoms with E-state index in [2.05, 4.69) is 19.6 Å². The van der Waals surface area contributed by atoms with Crippen LogP contribution in [0.5, 0.6) is 0 Å². The molecule has 15 heteroatoms. The first-order valence-corrected chi connectivity index (χ1v) is 6.12. The van der Waals surface area contributed by atoms with Crippen LogP contribution in [0.4, 0.5) is 0 Å². The maximum atomic E-state index is 9.53. The van der Waals surface area contributed by atoms with E-state index in [0.29, 0.717) is 0 Å². The Morgan fingerprint density at radius 1 is 0.640 bits per heavy atom. The Morgan fingerprint density at radius 2 is 0.840 bits per heavy atom. The van der Waals surface area contributed by atoms with Crippen LogP contribution in [0.3, 0.4) is 0 Å². The van der Waals surface area contributed by atoms with Gasteiger partial charge in [0.2, 0.25) is 0 Å². The quantitative estimate of drug-likeness (QED) is 0.162. The Labute approximate surface area is 154 Å². The molecule has 0 spiro atoms. The van der Waals surface area contributed by atoms with Gasteiger partial charge in [0.15, 0.2) is 0 Å². The van der Waals surface area contributed by atoms with E-state index in [1.165, 1.54) is 12.8 Å². The Morgan fingerprint density at radius 3 is 0.960 bits per heavy atom. The van der Waals surface area contributed by atoms with Crippen molar-refractivity contribution in [1.82, 2.24) is 0 Å². The molecule has 0 bridgehead atoms. The Hall–Kier alpha value is -1.67. The molecule has 0 amide bonds. The van der Waals surface area contributed by atoms with Crippen molar-refractivity contribution in [3.05, 3.63) is 0 Å². The largest absolute Gasteiger partial charge is 4.00 e. The van der Waals surface area contributed by atoms with Crippen molar-refractivity contribution in [2.24, 2.45) is 11.5 Å².